The van der Waals surface area contributed by atoms with E-state index in [9.17, 15) is 14.0 Å². The van der Waals surface area contributed by atoms with Crippen LogP contribution in [-0.4, -0.2) is 51.1 Å². The van der Waals surface area contributed by atoms with Gasteiger partial charge in [-0.15, -0.1) is 0 Å². The van der Waals surface area contributed by atoms with E-state index in [0.29, 0.717) is 13.2 Å². The number of urea groups is 1. The molecule has 3 aliphatic heterocycles. The maximum absolute atomic E-state index is 14.3. The monoisotopic (exact) mass is 349 g/mol. The number of hydrogen-bond acceptors (Lipinski definition) is 5. The number of ether oxygens (including phenoxy) is 2. The van der Waals surface area contributed by atoms with Crippen LogP contribution in [0.2, 0.25) is 0 Å². The molecule has 0 aliphatic carbocycles. The van der Waals surface area contributed by atoms with Crippen molar-refractivity contribution in [1.82, 2.24) is 5.32 Å². The average molecular weight is 349 g/mol. The fourth-order valence-corrected chi connectivity index (χ4v) is 3.59. The molecular formula is C17H20FN3O4. The van der Waals surface area contributed by atoms with E-state index in [2.05, 4.69) is 10.2 Å². The highest BCUT2D eigenvalue weighted by molar-refractivity contribution is 6.05. The van der Waals surface area contributed by atoms with E-state index >= 15 is 0 Å². The minimum absolute atomic E-state index is 0.163. The summed E-state index contributed by atoms with van der Waals surface area (Å²) in [6, 6.07) is 4.16. The van der Waals surface area contributed by atoms with Gasteiger partial charge in [0, 0.05) is 37.7 Å². The normalized spacial score (nSPS) is 24.9. The highest BCUT2D eigenvalue weighted by Crippen LogP contribution is 2.32. The second-order valence-corrected chi connectivity index (χ2v) is 6.50. The number of hydrogen-bond donors (Lipinski definition) is 1. The molecule has 4 rings (SSSR count). The molecule has 3 fully saturated rings. The van der Waals surface area contributed by atoms with Crippen LogP contribution in [0.15, 0.2) is 18.2 Å². The van der Waals surface area contributed by atoms with E-state index in [1.807, 2.05) is 0 Å². The van der Waals surface area contributed by atoms with Gasteiger partial charge in [0.1, 0.15) is 5.82 Å². The predicted molar refractivity (Wildman–Crippen MR) is 87.9 cm³/mol. The van der Waals surface area contributed by atoms with Gasteiger partial charge in [-0.1, -0.05) is 0 Å². The summed E-state index contributed by atoms with van der Waals surface area (Å²) in [4.78, 5) is 26.7. The molecule has 3 saturated heterocycles. The van der Waals surface area contributed by atoms with Crippen LogP contribution < -0.4 is 15.1 Å². The van der Waals surface area contributed by atoms with Crippen molar-refractivity contribution in [2.45, 2.75) is 19.1 Å². The Bertz CT molecular complexity index is 692. The van der Waals surface area contributed by atoms with Crippen LogP contribution in [0.1, 0.15) is 12.8 Å². The summed E-state index contributed by atoms with van der Waals surface area (Å²) in [7, 11) is 0. The summed E-state index contributed by atoms with van der Waals surface area (Å²) in [5.74, 6) is -0.532. The Hall–Kier alpha value is -2.19. The Morgan fingerprint density at radius 1 is 1.16 bits per heavy atom. The molecule has 3 heterocycles. The van der Waals surface area contributed by atoms with Crippen molar-refractivity contribution in [3.05, 3.63) is 24.0 Å². The third-order valence-corrected chi connectivity index (χ3v) is 4.90. The minimum Gasteiger partial charge on any atom is -0.371 e. The highest BCUT2D eigenvalue weighted by Gasteiger charge is 2.34. The summed E-state index contributed by atoms with van der Waals surface area (Å²) in [6.45, 7) is 3.02. The van der Waals surface area contributed by atoms with Crippen molar-refractivity contribution in [3.8, 4) is 0 Å². The molecule has 0 radical (unpaired) electrons. The molecule has 134 valence electrons. The largest absolute Gasteiger partial charge is 0.371 e. The number of halogens is 1. The molecular weight excluding hydrogens is 329 g/mol. The maximum atomic E-state index is 14.3. The average Bonchev–Trinajstić information content (AvgIpc) is 3.27. The second-order valence-electron chi connectivity index (χ2n) is 6.50. The van der Waals surface area contributed by atoms with Gasteiger partial charge < -0.3 is 14.4 Å². The van der Waals surface area contributed by atoms with Crippen molar-refractivity contribution in [2.75, 3.05) is 42.6 Å². The molecule has 1 aromatic rings. The Morgan fingerprint density at radius 2 is 1.96 bits per heavy atom. The number of anilines is 2. The van der Waals surface area contributed by atoms with Gasteiger partial charge in [0.05, 0.1) is 18.9 Å². The fourth-order valence-electron chi connectivity index (χ4n) is 3.59. The third-order valence-electron chi connectivity index (χ3n) is 4.90. The number of benzene rings is 1. The number of imide groups is 1. The van der Waals surface area contributed by atoms with Gasteiger partial charge in [0.25, 0.3) is 0 Å². The Morgan fingerprint density at radius 3 is 2.72 bits per heavy atom. The maximum Gasteiger partial charge on any atom is 0.328 e. The first kappa shape index (κ1) is 16.3. The third kappa shape index (κ3) is 3.19. The molecule has 1 aromatic carbocycles. The van der Waals surface area contributed by atoms with E-state index in [1.165, 1.54) is 11.0 Å². The Kier molecular flexibility index (Phi) is 4.30. The number of nitrogens with one attached hydrogen (secondary N) is 1. The number of amides is 3. The molecule has 25 heavy (non-hydrogen) atoms. The summed E-state index contributed by atoms with van der Waals surface area (Å²) in [5.41, 5.74) is 1.04. The molecule has 0 saturated carbocycles. The topological polar surface area (TPSA) is 71.1 Å². The first-order valence-electron chi connectivity index (χ1n) is 8.51. The predicted octanol–water partition coefficient (Wildman–Crippen LogP) is 1.47. The van der Waals surface area contributed by atoms with Crippen molar-refractivity contribution >= 4 is 23.3 Å². The van der Waals surface area contributed by atoms with E-state index in [1.54, 1.807) is 12.1 Å². The lowest BCUT2D eigenvalue weighted by Gasteiger charge is -2.28. The zero-order valence-corrected chi connectivity index (χ0v) is 13.7. The zero-order valence-electron chi connectivity index (χ0n) is 13.7. The molecule has 1 atom stereocenters. The molecule has 1 unspecified atom stereocenters. The first-order chi connectivity index (χ1) is 12.1. The van der Waals surface area contributed by atoms with Crippen molar-refractivity contribution < 1.29 is 23.5 Å². The van der Waals surface area contributed by atoms with Gasteiger partial charge in [-0.25, -0.2) is 9.18 Å². The number of nitrogens with zero attached hydrogens (tertiary/aromatic N) is 2. The molecule has 8 heteroatoms. The van der Waals surface area contributed by atoms with Crippen molar-refractivity contribution in [3.63, 3.8) is 0 Å². The van der Waals surface area contributed by atoms with Crippen molar-refractivity contribution in [2.24, 2.45) is 5.92 Å². The van der Waals surface area contributed by atoms with Gasteiger partial charge in [0.15, 0.2) is 6.29 Å². The zero-order chi connectivity index (χ0) is 17.4. The number of carbonyl (C=O) groups is 2. The minimum atomic E-state index is -0.584. The van der Waals surface area contributed by atoms with Crippen LogP contribution >= 0.6 is 0 Å². The summed E-state index contributed by atoms with van der Waals surface area (Å²) in [6.07, 6.45) is 0.942. The number of rotatable bonds is 3. The summed E-state index contributed by atoms with van der Waals surface area (Å²) >= 11 is 0. The van der Waals surface area contributed by atoms with Crippen molar-refractivity contribution in [1.29, 1.82) is 0 Å². The standard InChI is InChI=1S/C17H20FN3O4/c18-13-2-1-12(9-14(13)21-6-4-15(22)19-17(21)23)20-5-3-11(10-20)16-24-7-8-25-16/h1-2,9,11,16H,3-8,10H2,(H,19,22,23). The first-order valence-corrected chi connectivity index (χ1v) is 8.51. The quantitative estimate of drug-likeness (QED) is 0.895. The Labute approximate surface area is 144 Å². The van der Waals surface area contributed by atoms with Crippen LogP contribution in [-0.2, 0) is 14.3 Å². The number of carbonyl (C=O) groups excluding carboxylic acids is 2. The van der Waals surface area contributed by atoms with E-state index < -0.39 is 11.8 Å². The second kappa shape index (κ2) is 6.61. The molecule has 3 aliphatic rings. The van der Waals surface area contributed by atoms with Gasteiger partial charge in [-0.05, 0) is 24.6 Å². The van der Waals surface area contributed by atoms with Gasteiger partial charge in [-0.2, -0.15) is 0 Å². The van der Waals surface area contributed by atoms with E-state index in [-0.39, 0.29) is 36.8 Å². The van der Waals surface area contributed by atoms with Crippen LogP contribution in [0.25, 0.3) is 0 Å². The Balaban J connectivity index is 1.52. The smallest absolute Gasteiger partial charge is 0.328 e. The lowest BCUT2D eigenvalue weighted by atomic mass is 10.1. The van der Waals surface area contributed by atoms with Crippen LogP contribution in [0.3, 0.4) is 0 Å². The van der Waals surface area contributed by atoms with Gasteiger partial charge in [-0.3, -0.25) is 15.0 Å². The SMILES string of the molecule is O=C1CCN(c2cc(N3CCC(C4OCCO4)C3)ccc2F)C(=O)N1. The molecule has 1 N–H and O–H groups in total. The summed E-state index contributed by atoms with van der Waals surface area (Å²) < 4.78 is 25.4. The van der Waals surface area contributed by atoms with Crippen LogP contribution in [0.4, 0.5) is 20.6 Å². The highest BCUT2D eigenvalue weighted by atomic mass is 19.1. The molecule has 7 nitrogen and oxygen atoms in total. The van der Waals surface area contributed by atoms with Gasteiger partial charge in [0.2, 0.25) is 5.91 Å². The fraction of sp³-hybridized carbons (Fsp3) is 0.529. The molecule has 0 aromatic heterocycles. The molecule has 0 bridgehead atoms. The van der Waals surface area contributed by atoms with Crippen LogP contribution in [0.5, 0.6) is 0 Å². The van der Waals surface area contributed by atoms with Gasteiger partial charge >= 0.3 is 6.03 Å². The lowest BCUT2D eigenvalue weighted by Crippen LogP contribution is -2.49. The summed E-state index contributed by atoms with van der Waals surface area (Å²) in [5, 5.41) is 2.22. The van der Waals surface area contributed by atoms with E-state index in [4.69, 9.17) is 9.47 Å². The molecule has 3 amide bonds. The molecule has 0 spiro atoms. The van der Waals surface area contributed by atoms with Crippen LogP contribution in [0, 0.1) is 11.7 Å². The van der Waals surface area contributed by atoms with E-state index in [0.717, 1.165) is 25.2 Å². The lowest BCUT2D eigenvalue weighted by molar-refractivity contribution is -0.120.